The smallest absolute Gasteiger partial charge is 0.336 e. The van der Waals surface area contributed by atoms with E-state index in [-0.39, 0.29) is 11.1 Å². The predicted molar refractivity (Wildman–Crippen MR) is 111 cm³/mol. The minimum Gasteiger partial charge on any atom is -0.478 e. The highest BCUT2D eigenvalue weighted by Gasteiger charge is 2.28. The van der Waals surface area contributed by atoms with Crippen LogP contribution in [-0.2, 0) is 0 Å². The van der Waals surface area contributed by atoms with Gasteiger partial charge in [-0.1, -0.05) is 18.2 Å². The van der Waals surface area contributed by atoms with E-state index >= 15 is 0 Å². The van der Waals surface area contributed by atoms with Gasteiger partial charge in [0.05, 0.1) is 5.56 Å². The molecule has 1 amide bonds. The number of carboxylic acid groups (broad SMARTS) is 1. The number of carbonyl (C=O) groups is 2. The number of allylic oxidation sites excluding steroid dienone is 3. The Labute approximate surface area is 168 Å². The number of carbonyl (C=O) groups excluding carboxylic acids is 1. The Balaban J connectivity index is 2.01. The number of hydrogen-bond acceptors (Lipinski definition) is 4. The molecule has 0 saturated heterocycles. The molecule has 4 rings (SSSR count). The number of anilines is 1. The summed E-state index contributed by atoms with van der Waals surface area (Å²) in [7, 11) is 3.89. The first-order valence-corrected chi connectivity index (χ1v) is 9.15. The maximum absolute atomic E-state index is 12.0. The SMILES string of the molecule is CN(C)c1ccc2c(c1)OC1=CCC=CC1=C2c1ccc(C(N)=O)cc1C(=O)O. The van der Waals surface area contributed by atoms with Gasteiger partial charge in [0, 0.05) is 48.1 Å². The first-order chi connectivity index (χ1) is 13.9. The van der Waals surface area contributed by atoms with Crippen molar-refractivity contribution in [3.63, 3.8) is 0 Å². The van der Waals surface area contributed by atoms with Crippen molar-refractivity contribution in [2.45, 2.75) is 6.42 Å². The van der Waals surface area contributed by atoms with Crippen LogP contribution < -0.4 is 15.4 Å². The van der Waals surface area contributed by atoms with Gasteiger partial charge in [0.1, 0.15) is 11.5 Å². The van der Waals surface area contributed by atoms with E-state index in [0.29, 0.717) is 17.1 Å². The number of hydrogen-bond donors (Lipinski definition) is 2. The minimum absolute atomic E-state index is 0.0201. The van der Waals surface area contributed by atoms with Gasteiger partial charge in [0.25, 0.3) is 0 Å². The molecular weight excluding hydrogens is 368 g/mol. The van der Waals surface area contributed by atoms with Crippen molar-refractivity contribution in [1.82, 2.24) is 0 Å². The molecule has 0 bridgehead atoms. The van der Waals surface area contributed by atoms with Crippen LogP contribution in [0.25, 0.3) is 5.57 Å². The molecule has 0 aromatic heterocycles. The third-order valence-corrected chi connectivity index (χ3v) is 5.03. The van der Waals surface area contributed by atoms with Crippen molar-refractivity contribution in [3.05, 3.63) is 88.2 Å². The highest BCUT2D eigenvalue weighted by molar-refractivity contribution is 6.03. The van der Waals surface area contributed by atoms with Gasteiger partial charge in [-0.2, -0.15) is 0 Å². The van der Waals surface area contributed by atoms with E-state index in [1.165, 1.54) is 6.07 Å². The molecule has 0 radical (unpaired) electrons. The van der Waals surface area contributed by atoms with Crippen molar-refractivity contribution in [1.29, 1.82) is 0 Å². The molecule has 3 N–H and O–H groups in total. The second-order valence-corrected chi connectivity index (χ2v) is 7.10. The molecule has 0 atom stereocenters. The number of primary amides is 1. The summed E-state index contributed by atoms with van der Waals surface area (Å²) >= 11 is 0. The molecule has 6 heteroatoms. The van der Waals surface area contributed by atoms with Crippen molar-refractivity contribution < 1.29 is 19.4 Å². The normalized spacial score (nSPS) is 14.5. The van der Waals surface area contributed by atoms with Crippen LogP contribution in [0.5, 0.6) is 5.75 Å². The monoisotopic (exact) mass is 388 g/mol. The number of carboxylic acids is 1. The molecule has 6 nitrogen and oxygen atoms in total. The molecule has 2 aliphatic rings. The lowest BCUT2D eigenvalue weighted by atomic mass is 9.85. The molecule has 0 spiro atoms. The van der Waals surface area contributed by atoms with Gasteiger partial charge < -0.3 is 20.5 Å². The Morgan fingerprint density at radius 3 is 2.55 bits per heavy atom. The number of nitrogens with two attached hydrogens (primary N) is 1. The summed E-state index contributed by atoms with van der Waals surface area (Å²) < 4.78 is 6.14. The average molecular weight is 388 g/mol. The lowest BCUT2D eigenvalue weighted by Gasteiger charge is -2.28. The summed E-state index contributed by atoms with van der Waals surface area (Å²) in [6.07, 6.45) is 6.65. The van der Waals surface area contributed by atoms with Gasteiger partial charge in [0.2, 0.25) is 5.91 Å². The maximum Gasteiger partial charge on any atom is 0.336 e. The lowest BCUT2D eigenvalue weighted by molar-refractivity contribution is 0.0696. The van der Waals surface area contributed by atoms with E-state index in [0.717, 1.165) is 28.8 Å². The van der Waals surface area contributed by atoms with Crippen LogP contribution in [0.3, 0.4) is 0 Å². The molecular formula is C23H20N2O4. The van der Waals surface area contributed by atoms with Gasteiger partial charge >= 0.3 is 5.97 Å². The van der Waals surface area contributed by atoms with Crippen LogP contribution in [0.2, 0.25) is 0 Å². The number of amides is 1. The quantitative estimate of drug-likeness (QED) is 0.835. The molecule has 2 aromatic carbocycles. The highest BCUT2D eigenvalue weighted by Crippen LogP contribution is 2.45. The Kier molecular flexibility index (Phi) is 4.47. The second-order valence-electron chi connectivity index (χ2n) is 7.10. The number of nitrogens with zero attached hydrogens (tertiary/aromatic N) is 1. The summed E-state index contributed by atoms with van der Waals surface area (Å²) in [5.41, 5.74) is 9.38. The van der Waals surface area contributed by atoms with Crippen LogP contribution in [-0.4, -0.2) is 31.1 Å². The third-order valence-electron chi connectivity index (χ3n) is 5.03. The van der Waals surface area contributed by atoms with Gasteiger partial charge in [-0.25, -0.2) is 4.79 Å². The summed E-state index contributed by atoms with van der Waals surface area (Å²) in [6.45, 7) is 0. The van der Waals surface area contributed by atoms with Crippen molar-refractivity contribution >= 4 is 23.1 Å². The molecule has 0 saturated carbocycles. The number of aromatic carboxylic acids is 1. The van der Waals surface area contributed by atoms with E-state index in [2.05, 4.69) is 0 Å². The predicted octanol–water partition coefficient (Wildman–Crippen LogP) is 3.59. The van der Waals surface area contributed by atoms with Crippen LogP contribution in [0.1, 0.15) is 38.3 Å². The summed E-state index contributed by atoms with van der Waals surface area (Å²) in [6, 6.07) is 10.3. The summed E-state index contributed by atoms with van der Waals surface area (Å²) in [4.78, 5) is 25.5. The maximum atomic E-state index is 12.0. The summed E-state index contributed by atoms with van der Waals surface area (Å²) in [5, 5.41) is 9.82. The molecule has 1 aliphatic carbocycles. The van der Waals surface area contributed by atoms with Gasteiger partial charge in [-0.15, -0.1) is 0 Å². The number of benzene rings is 2. The molecule has 146 valence electrons. The lowest BCUT2D eigenvalue weighted by Crippen LogP contribution is -2.16. The minimum atomic E-state index is -1.13. The van der Waals surface area contributed by atoms with E-state index in [9.17, 15) is 14.7 Å². The second kappa shape index (κ2) is 6.98. The topological polar surface area (TPSA) is 92.9 Å². The van der Waals surface area contributed by atoms with Gasteiger partial charge in [-0.05, 0) is 42.3 Å². The fourth-order valence-electron chi connectivity index (χ4n) is 3.58. The number of ether oxygens (including phenoxy) is 1. The zero-order valence-electron chi connectivity index (χ0n) is 16.1. The largest absolute Gasteiger partial charge is 0.478 e. The van der Waals surface area contributed by atoms with Gasteiger partial charge in [0.15, 0.2) is 0 Å². The Bertz CT molecular complexity index is 1140. The van der Waals surface area contributed by atoms with Gasteiger partial charge in [-0.3, -0.25) is 4.79 Å². The first kappa shape index (κ1) is 18.6. The fraction of sp³-hybridized carbons (Fsp3) is 0.130. The van der Waals surface area contributed by atoms with Crippen LogP contribution >= 0.6 is 0 Å². The zero-order valence-corrected chi connectivity index (χ0v) is 16.1. The van der Waals surface area contributed by atoms with E-state index in [1.807, 2.05) is 55.4 Å². The third kappa shape index (κ3) is 3.18. The molecule has 0 unspecified atom stereocenters. The Hall–Kier alpha value is -3.80. The summed E-state index contributed by atoms with van der Waals surface area (Å²) in [5.74, 6) is -0.439. The zero-order chi connectivity index (χ0) is 20.7. The molecule has 2 aromatic rings. The van der Waals surface area contributed by atoms with Crippen molar-refractivity contribution in [2.24, 2.45) is 5.73 Å². The van der Waals surface area contributed by atoms with Crippen LogP contribution in [0.4, 0.5) is 5.69 Å². The van der Waals surface area contributed by atoms with Crippen LogP contribution in [0, 0.1) is 0 Å². The molecule has 0 fully saturated rings. The van der Waals surface area contributed by atoms with E-state index in [4.69, 9.17) is 10.5 Å². The number of rotatable bonds is 4. The Morgan fingerprint density at radius 2 is 1.86 bits per heavy atom. The first-order valence-electron chi connectivity index (χ1n) is 9.15. The van der Waals surface area contributed by atoms with Crippen molar-refractivity contribution in [2.75, 3.05) is 19.0 Å². The average Bonchev–Trinajstić information content (AvgIpc) is 2.71. The van der Waals surface area contributed by atoms with Crippen LogP contribution in [0.15, 0.2) is 66.0 Å². The molecule has 1 aliphatic heterocycles. The number of fused-ring (bicyclic) bond motifs is 2. The highest BCUT2D eigenvalue weighted by atomic mass is 16.5. The van der Waals surface area contributed by atoms with E-state index in [1.54, 1.807) is 12.1 Å². The molecule has 1 heterocycles. The van der Waals surface area contributed by atoms with Crippen molar-refractivity contribution in [3.8, 4) is 5.75 Å². The standard InChI is InChI=1S/C23H20N2O4/c1-25(2)14-8-10-17-20(12-14)29-19-6-4-3-5-16(19)21(17)15-9-7-13(22(24)26)11-18(15)23(27)28/h3,5-12H,4H2,1-2H3,(H2,24,26)(H,27,28). The molecule has 29 heavy (non-hydrogen) atoms. The fourth-order valence-corrected chi connectivity index (χ4v) is 3.58. The van der Waals surface area contributed by atoms with E-state index < -0.39 is 11.9 Å². The Morgan fingerprint density at radius 1 is 1.10 bits per heavy atom.